The van der Waals surface area contributed by atoms with Gasteiger partial charge in [0.2, 0.25) is 0 Å². The van der Waals surface area contributed by atoms with Gasteiger partial charge in [0.15, 0.2) is 16.6 Å². The molecule has 1 amide bonds. The van der Waals surface area contributed by atoms with Gasteiger partial charge in [0, 0.05) is 17.2 Å². The number of hydrogen-bond donors (Lipinski definition) is 3. The van der Waals surface area contributed by atoms with Gasteiger partial charge in [-0.1, -0.05) is 17.7 Å². The lowest BCUT2D eigenvalue weighted by Gasteiger charge is -2.14. The van der Waals surface area contributed by atoms with Crippen molar-refractivity contribution in [1.82, 2.24) is 15.5 Å². The summed E-state index contributed by atoms with van der Waals surface area (Å²) in [5.41, 5.74) is -0.223. The van der Waals surface area contributed by atoms with Crippen LogP contribution in [0.2, 0.25) is 5.15 Å². The smallest absolute Gasteiger partial charge is 0.339 e. The Kier molecular flexibility index (Phi) is 3.81. The molecule has 0 radical (unpaired) electrons. The summed E-state index contributed by atoms with van der Waals surface area (Å²) in [4.78, 5) is 23.4. The summed E-state index contributed by atoms with van der Waals surface area (Å²) in [6, 6.07) is 5.56. The number of anilines is 2. The van der Waals surface area contributed by atoms with E-state index in [1.807, 2.05) is 0 Å². The maximum absolute atomic E-state index is 12.1. The van der Waals surface area contributed by atoms with Crippen molar-refractivity contribution in [2.45, 2.75) is 0 Å². The van der Waals surface area contributed by atoms with E-state index >= 15 is 0 Å². The Morgan fingerprint density at radius 3 is 2.78 bits per heavy atom. The summed E-state index contributed by atoms with van der Waals surface area (Å²) in [6.45, 7) is -2.73. The molecule has 0 aliphatic heterocycles. The predicted molar refractivity (Wildman–Crippen MR) is 83.7 cm³/mol. The number of methoxy groups -OCH3 is 1. The minimum Gasteiger partial charge on any atom is -0.494 e. The first-order valence-corrected chi connectivity index (χ1v) is 6.53. The predicted octanol–water partition coefficient (Wildman–Crippen LogP) is 1.94. The van der Waals surface area contributed by atoms with E-state index < -0.39 is 18.9 Å². The van der Waals surface area contributed by atoms with Crippen LogP contribution in [-0.4, -0.2) is 41.3 Å². The average molecular weight is 340 g/mol. The fourth-order valence-corrected chi connectivity index (χ4v) is 2.01. The van der Waals surface area contributed by atoms with Crippen LogP contribution in [0.25, 0.3) is 0 Å². The van der Waals surface area contributed by atoms with E-state index in [0.29, 0.717) is 0 Å². The van der Waals surface area contributed by atoms with Gasteiger partial charge in [-0.15, -0.1) is 10.2 Å². The number of carboxylic acids is 1. The zero-order chi connectivity index (χ0) is 19.5. The molecule has 1 heterocycles. The Morgan fingerprint density at radius 2 is 2.13 bits per heavy atom. The van der Waals surface area contributed by atoms with Crippen LogP contribution in [0.1, 0.15) is 25.0 Å². The molecule has 0 aliphatic rings. The monoisotopic (exact) mass is 339 g/mol. The fourth-order valence-electron chi connectivity index (χ4n) is 1.86. The van der Waals surface area contributed by atoms with Gasteiger partial charge in [0.05, 0.1) is 18.5 Å². The molecule has 1 aromatic carbocycles. The van der Waals surface area contributed by atoms with Gasteiger partial charge in [-0.25, -0.2) is 4.79 Å². The molecule has 0 bridgehead atoms. The minimum atomic E-state index is -2.73. The van der Waals surface area contributed by atoms with Crippen LogP contribution < -0.4 is 15.4 Å². The van der Waals surface area contributed by atoms with Gasteiger partial charge in [-0.3, -0.25) is 4.79 Å². The van der Waals surface area contributed by atoms with E-state index in [1.54, 1.807) is 5.32 Å². The average Bonchev–Trinajstić information content (AvgIpc) is 2.52. The van der Waals surface area contributed by atoms with E-state index in [0.717, 1.165) is 0 Å². The highest BCUT2D eigenvalue weighted by atomic mass is 35.5. The SMILES string of the molecule is [2H]C([2H])([2H])NC(=O)c1nnc(Cl)cc1Nc1cccc(C(=O)O)c1OC. The molecule has 2 aromatic rings. The number of halogens is 1. The van der Waals surface area contributed by atoms with E-state index in [2.05, 4.69) is 15.5 Å². The van der Waals surface area contributed by atoms with E-state index in [9.17, 15) is 14.7 Å². The van der Waals surface area contributed by atoms with Gasteiger partial charge in [-0.2, -0.15) is 0 Å². The number of carbonyl (C=O) groups excluding carboxylic acids is 1. The molecule has 0 saturated carbocycles. The van der Waals surface area contributed by atoms with Crippen LogP contribution in [0.3, 0.4) is 0 Å². The Morgan fingerprint density at radius 1 is 1.35 bits per heavy atom. The molecule has 3 N–H and O–H groups in total. The summed E-state index contributed by atoms with van der Waals surface area (Å²) < 4.78 is 26.4. The van der Waals surface area contributed by atoms with Gasteiger partial charge in [-0.05, 0) is 12.1 Å². The van der Waals surface area contributed by atoms with Crippen molar-refractivity contribution in [2.75, 3.05) is 19.4 Å². The van der Waals surface area contributed by atoms with Gasteiger partial charge < -0.3 is 20.5 Å². The Bertz CT molecular complexity index is 861. The van der Waals surface area contributed by atoms with Crippen LogP contribution in [-0.2, 0) is 0 Å². The molecule has 2 rings (SSSR count). The Hall–Kier alpha value is -2.87. The molecule has 0 fully saturated rings. The number of nitrogens with zero attached hydrogens (tertiary/aromatic N) is 2. The van der Waals surface area contributed by atoms with Crippen LogP contribution in [0.15, 0.2) is 24.3 Å². The minimum absolute atomic E-state index is 0.00937. The molecule has 0 unspecified atom stereocenters. The topological polar surface area (TPSA) is 113 Å². The first kappa shape index (κ1) is 12.7. The summed E-state index contributed by atoms with van der Waals surface area (Å²) in [7, 11) is 1.28. The third-order valence-corrected chi connectivity index (χ3v) is 3.00. The van der Waals surface area contributed by atoms with Crippen molar-refractivity contribution in [3.63, 3.8) is 0 Å². The Labute approximate surface area is 140 Å². The molecule has 23 heavy (non-hydrogen) atoms. The number of nitrogens with one attached hydrogen (secondary N) is 2. The van der Waals surface area contributed by atoms with Crippen molar-refractivity contribution in [3.8, 4) is 5.75 Å². The van der Waals surface area contributed by atoms with Crippen molar-refractivity contribution in [3.05, 3.63) is 40.7 Å². The number of para-hydroxylation sites is 1. The first-order chi connectivity index (χ1) is 12.1. The second-order valence-electron chi connectivity index (χ2n) is 4.20. The molecule has 120 valence electrons. The quantitative estimate of drug-likeness (QED) is 0.762. The lowest BCUT2D eigenvalue weighted by Crippen LogP contribution is -2.21. The van der Waals surface area contributed by atoms with Gasteiger partial charge in [0.1, 0.15) is 5.56 Å². The van der Waals surface area contributed by atoms with Crippen LogP contribution in [0, 0.1) is 0 Å². The van der Waals surface area contributed by atoms with E-state index in [4.69, 9.17) is 20.5 Å². The van der Waals surface area contributed by atoms with Crippen molar-refractivity contribution in [1.29, 1.82) is 0 Å². The normalized spacial score (nSPS) is 12.5. The van der Waals surface area contributed by atoms with Crippen LogP contribution >= 0.6 is 11.6 Å². The van der Waals surface area contributed by atoms with Crippen LogP contribution in [0.5, 0.6) is 5.75 Å². The van der Waals surface area contributed by atoms with Crippen molar-refractivity contribution < 1.29 is 23.5 Å². The number of amides is 1. The van der Waals surface area contributed by atoms with Crippen LogP contribution in [0.4, 0.5) is 11.4 Å². The fraction of sp³-hybridized carbons (Fsp3) is 0.143. The number of carboxylic acid groups (broad SMARTS) is 1. The highest BCUT2D eigenvalue weighted by Gasteiger charge is 2.18. The second-order valence-corrected chi connectivity index (χ2v) is 4.59. The number of benzene rings is 1. The standard InChI is InChI=1S/C14H13ClN4O4/c1-16-13(20)11-9(6-10(15)18-19-11)17-8-5-3-4-7(14(21)22)12(8)23-2/h3-6H,1-2H3,(H,16,20)(H,17,18)(H,21,22)/i1D3. The molecule has 0 aliphatic carbocycles. The second kappa shape index (κ2) is 6.93. The number of carbonyl (C=O) groups is 2. The summed E-state index contributed by atoms with van der Waals surface area (Å²) in [6.07, 6.45) is 0. The highest BCUT2D eigenvalue weighted by molar-refractivity contribution is 6.29. The zero-order valence-corrected chi connectivity index (χ0v) is 12.5. The molecule has 1 aromatic heterocycles. The third kappa shape index (κ3) is 3.49. The van der Waals surface area contributed by atoms with Crippen molar-refractivity contribution >= 4 is 34.9 Å². The summed E-state index contributed by atoms with van der Waals surface area (Å²) in [5, 5.41) is 20.9. The maximum Gasteiger partial charge on any atom is 0.339 e. The van der Waals surface area contributed by atoms with Gasteiger partial charge in [0.25, 0.3) is 5.91 Å². The summed E-state index contributed by atoms with van der Waals surface area (Å²) in [5.74, 6) is -2.21. The molecule has 8 nitrogen and oxygen atoms in total. The van der Waals surface area contributed by atoms with Crippen molar-refractivity contribution in [2.24, 2.45) is 0 Å². The largest absolute Gasteiger partial charge is 0.494 e. The molecule has 0 saturated heterocycles. The molecular formula is C14H13ClN4O4. The molecule has 9 heteroatoms. The Balaban J connectivity index is 2.47. The number of aromatic nitrogens is 2. The third-order valence-electron chi connectivity index (χ3n) is 2.81. The number of rotatable bonds is 5. The number of hydrogen-bond acceptors (Lipinski definition) is 6. The highest BCUT2D eigenvalue weighted by Crippen LogP contribution is 2.32. The lowest BCUT2D eigenvalue weighted by molar-refractivity contribution is 0.0693. The lowest BCUT2D eigenvalue weighted by atomic mass is 10.1. The molecular weight excluding hydrogens is 324 g/mol. The first-order valence-electron chi connectivity index (χ1n) is 7.65. The zero-order valence-electron chi connectivity index (χ0n) is 14.8. The molecule has 0 atom stereocenters. The van der Waals surface area contributed by atoms with E-state index in [-0.39, 0.29) is 33.5 Å². The van der Waals surface area contributed by atoms with Gasteiger partial charge >= 0.3 is 5.97 Å². The number of ether oxygens (including phenoxy) is 1. The summed E-state index contributed by atoms with van der Waals surface area (Å²) >= 11 is 5.79. The maximum atomic E-state index is 12.1. The number of aromatic carboxylic acids is 1. The van der Waals surface area contributed by atoms with E-state index in [1.165, 1.54) is 31.4 Å². The molecule has 0 spiro atoms.